The Morgan fingerprint density at radius 2 is 1.84 bits per heavy atom. The Morgan fingerprint density at radius 1 is 1.12 bits per heavy atom. The molecule has 0 aliphatic carbocycles. The molecule has 126 valence electrons. The number of nitrogen functional groups attached to an aromatic ring is 1. The van der Waals surface area contributed by atoms with Crippen molar-refractivity contribution in [3.05, 3.63) is 71.0 Å². The van der Waals surface area contributed by atoms with E-state index in [0.29, 0.717) is 16.8 Å². The fraction of sp³-hybridized carbons (Fsp3) is 0.105. The summed E-state index contributed by atoms with van der Waals surface area (Å²) in [5.74, 6) is -1.29. The molecule has 0 aliphatic rings. The van der Waals surface area contributed by atoms with Gasteiger partial charge in [0, 0.05) is 29.2 Å². The average Bonchev–Trinajstić information content (AvgIpc) is 2.59. The van der Waals surface area contributed by atoms with Crippen molar-refractivity contribution in [2.24, 2.45) is 0 Å². The van der Waals surface area contributed by atoms with Crippen molar-refractivity contribution in [3.63, 3.8) is 0 Å². The van der Waals surface area contributed by atoms with Crippen molar-refractivity contribution in [1.82, 2.24) is 10.3 Å². The third-order valence-electron chi connectivity index (χ3n) is 3.93. The minimum atomic E-state index is -0.983. The van der Waals surface area contributed by atoms with Gasteiger partial charge in [-0.3, -0.25) is 9.78 Å². The maximum absolute atomic E-state index is 12.5. The minimum absolute atomic E-state index is 0.205. The number of benzene rings is 2. The molecule has 2 aromatic carbocycles. The van der Waals surface area contributed by atoms with Crippen LogP contribution in [0, 0.1) is 6.92 Å². The number of aromatic nitrogens is 1. The summed E-state index contributed by atoms with van der Waals surface area (Å²) < 4.78 is 0. The first kappa shape index (κ1) is 16.4. The van der Waals surface area contributed by atoms with Crippen LogP contribution < -0.4 is 11.1 Å². The van der Waals surface area contributed by atoms with Gasteiger partial charge in [-0.2, -0.15) is 0 Å². The molecular formula is C19H17N3O3. The summed E-state index contributed by atoms with van der Waals surface area (Å²) in [7, 11) is 0. The standard InChI is InChI=1S/C19H17N3O3/c1-11-8-15-14(16(20)9-11)6-7-21-17(15)18(23)22-10-12-2-4-13(5-3-12)19(24)25/h2-9H,10,20H2,1H3,(H,22,23)(H,24,25). The fourth-order valence-corrected chi connectivity index (χ4v) is 2.68. The quantitative estimate of drug-likeness (QED) is 0.636. The van der Waals surface area contributed by atoms with Gasteiger partial charge in [0.2, 0.25) is 0 Å². The van der Waals surface area contributed by atoms with Crippen LogP contribution in [-0.2, 0) is 6.54 Å². The van der Waals surface area contributed by atoms with Crippen molar-refractivity contribution in [1.29, 1.82) is 0 Å². The van der Waals surface area contributed by atoms with Gasteiger partial charge in [-0.05, 0) is 48.4 Å². The van der Waals surface area contributed by atoms with Crippen molar-refractivity contribution in [3.8, 4) is 0 Å². The van der Waals surface area contributed by atoms with Gasteiger partial charge >= 0.3 is 5.97 Å². The number of nitrogens with one attached hydrogen (secondary N) is 1. The van der Waals surface area contributed by atoms with E-state index >= 15 is 0 Å². The van der Waals surface area contributed by atoms with Crippen molar-refractivity contribution in [2.45, 2.75) is 13.5 Å². The number of aryl methyl sites for hydroxylation is 1. The van der Waals surface area contributed by atoms with Gasteiger partial charge < -0.3 is 16.2 Å². The van der Waals surface area contributed by atoms with Crippen LogP contribution in [0.15, 0.2) is 48.7 Å². The second-order valence-corrected chi connectivity index (χ2v) is 5.79. The second kappa shape index (κ2) is 6.60. The van der Waals surface area contributed by atoms with Crippen LogP contribution in [0.1, 0.15) is 32.0 Å². The van der Waals surface area contributed by atoms with Crippen molar-refractivity contribution >= 4 is 28.3 Å². The summed E-state index contributed by atoms with van der Waals surface area (Å²) in [4.78, 5) is 27.6. The van der Waals surface area contributed by atoms with Crippen molar-refractivity contribution < 1.29 is 14.7 Å². The number of aromatic carboxylic acids is 1. The van der Waals surface area contributed by atoms with E-state index in [4.69, 9.17) is 10.8 Å². The van der Waals surface area contributed by atoms with E-state index < -0.39 is 5.97 Å². The summed E-state index contributed by atoms with van der Waals surface area (Å²) in [5.41, 5.74) is 8.90. The first-order valence-electron chi connectivity index (χ1n) is 7.71. The molecule has 1 heterocycles. The Kier molecular flexibility index (Phi) is 4.35. The van der Waals surface area contributed by atoms with E-state index in [1.54, 1.807) is 24.4 Å². The lowest BCUT2D eigenvalue weighted by Crippen LogP contribution is -2.24. The number of carbonyl (C=O) groups is 2. The van der Waals surface area contributed by atoms with Gasteiger partial charge in [-0.15, -0.1) is 0 Å². The van der Waals surface area contributed by atoms with E-state index in [0.717, 1.165) is 16.5 Å². The van der Waals surface area contributed by atoms with Crippen LogP contribution in [0.2, 0.25) is 0 Å². The van der Waals surface area contributed by atoms with Crippen LogP contribution in [0.3, 0.4) is 0 Å². The maximum Gasteiger partial charge on any atom is 0.335 e. The number of pyridine rings is 1. The number of fused-ring (bicyclic) bond motifs is 1. The van der Waals surface area contributed by atoms with Gasteiger partial charge in [-0.1, -0.05) is 12.1 Å². The highest BCUT2D eigenvalue weighted by Crippen LogP contribution is 2.24. The zero-order valence-corrected chi connectivity index (χ0v) is 13.6. The Hall–Kier alpha value is -3.41. The number of hydrogen-bond donors (Lipinski definition) is 3. The number of anilines is 1. The molecule has 25 heavy (non-hydrogen) atoms. The summed E-state index contributed by atoms with van der Waals surface area (Å²) in [5, 5.41) is 13.2. The van der Waals surface area contributed by atoms with E-state index in [9.17, 15) is 9.59 Å². The van der Waals surface area contributed by atoms with Gasteiger partial charge in [0.05, 0.1) is 5.56 Å². The molecule has 3 aromatic rings. The van der Waals surface area contributed by atoms with Crippen molar-refractivity contribution in [2.75, 3.05) is 5.73 Å². The third-order valence-corrected chi connectivity index (χ3v) is 3.93. The molecule has 1 aromatic heterocycles. The Bertz CT molecular complexity index is 966. The Morgan fingerprint density at radius 3 is 2.52 bits per heavy atom. The topological polar surface area (TPSA) is 105 Å². The molecule has 0 radical (unpaired) electrons. The largest absolute Gasteiger partial charge is 0.478 e. The lowest BCUT2D eigenvalue weighted by Gasteiger charge is -2.10. The molecule has 0 bridgehead atoms. The average molecular weight is 335 g/mol. The molecule has 0 aliphatic heterocycles. The molecule has 0 saturated heterocycles. The number of nitrogens with zero attached hydrogens (tertiary/aromatic N) is 1. The number of carboxylic acids is 1. The molecule has 0 fully saturated rings. The lowest BCUT2D eigenvalue weighted by atomic mass is 10.0. The van der Waals surface area contributed by atoms with E-state index in [2.05, 4.69) is 10.3 Å². The Balaban J connectivity index is 1.82. The summed E-state index contributed by atoms with van der Waals surface area (Å²) in [6, 6.07) is 11.9. The molecule has 0 unspecified atom stereocenters. The number of carbonyl (C=O) groups excluding carboxylic acids is 1. The highest BCUT2D eigenvalue weighted by Gasteiger charge is 2.13. The summed E-state index contributed by atoms with van der Waals surface area (Å²) >= 11 is 0. The molecule has 0 saturated carbocycles. The number of amides is 1. The molecule has 1 amide bonds. The number of hydrogen-bond acceptors (Lipinski definition) is 4. The first-order valence-corrected chi connectivity index (χ1v) is 7.71. The van der Waals surface area contributed by atoms with Crippen LogP contribution in [0.4, 0.5) is 5.69 Å². The predicted octanol–water partition coefficient (Wildman–Crippen LogP) is 2.75. The molecule has 3 rings (SSSR count). The monoisotopic (exact) mass is 335 g/mol. The highest BCUT2D eigenvalue weighted by atomic mass is 16.4. The number of carboxylic acid groups (broad SMARTS) is 1. The molecule has 0 spiro atoms. The zero-order chi connectivity index (χ0) is 18.0. The van der Waals surface area contributed by atoms with Gasteiger partial charge in [0.1, 0.15) is 5.69 Å². The smallest absolute Gasteiger partial charge is 0.335 e. The van der Waals surface area contributed by atoms with Crippen LogP contribution in [-0.4, -0.2) is 22.0 Å². The molecule has 6 heteroatoms. The molecule has 4 N–H and O–H groups in total. The normalized spacial score (nSPS) is 10.6. The molecule has 6 nitrogen and oxygen atoms in total. The zero-order valence-electron chi connectivity index (χ0n) is 13.6. The van der Waals surface area contributed by atoms with E-state index in [-0.39, 0.29) is 18.0 Å². The molecule has 0 atom stereocenters. The predicted molar refractivity (Wildman–Crippen MR) is 95.5 cm³/mol. The molecular weight excluding hydrogens is 318 g/mol. The number of nitrogens with two attached hydrogens (primary N) is 1. The third kappa shape index (κ3) is 3.42. The van der Waals surface area contributed by atoms with Crippen LogP contribution >= 0.6 is 0 Å². The number of rotatable bonds is 4. The SMILES string of the molecule is Cc1cc(N)c2ccnc(C(=O)NCc3ccc(C(=O)O)cc3)c2c1. The van der Waals surface area contributed by atoms with Crippen LogP contribution in [0.5, 0.6) is 0 Å². The van der Waals surface area contributed by atoms with Crippen LogP contribution in [0.25, 0.3) is 10.8 Å². The lowest BCUT2D eigenvalue weighted by molar-refractivity contribution is 0.0696. The minimum Gasteiger partial charge on any atom is -0.478 e. The Labute approximate surface area is 144 Å². The highest BCUT2D eigenvalue weighted by molar-refractivity contribution is 6.08. The first-order chi connectivity index (χ1) is 12.0. The van der Waals surface area contributed by atoms with E-state index in [1.165, 1.54) is 12.1 Å². The summed E-state index contributed by atoms with van der Waals surface area (Å²) in [6.45, 7) is 2.19. The second-order valence-electron chi connectivity index (χ2n) is 5.79. The fourth-order valence-electron chi connectivity index (χ4n) is 2.68. The summed E-state index contributed by atoms with van der Waals surface area (Å²) in [6.07, 6.45) is 1.56. The van der Waals surface area contributed by atoms with Gasteiger partial charge in [-0.25, -0.2) is 4.79 Å². The maximum atomic E-state index is 12.5. The van der Waals surface area contributed by atoms with Gasteiger partial charge in [0.25, 0.3) is 5.91 Å². The van der Waals surface area contributed by atoms with E-state index in [1.807, 2.05) is 19.1 Å². The van der Waals surface area contributed by atoms with Gasteiger partial charge in [0.15, 0.2) is 0 Å².